The van der Waals surface area contributed by atoms with E-state index in [0.29, 0.717) is 0 Å². The fourth-order valence-corrected chi connectivity index (χ4v) is 2.56. The molecule has 0 atom stereocenters. The minimum atomic E-state index is -4.80. The van der Waals surface area contributed by atoms with Crippen LogP contribution in [0.5, 0.6) is 11.5 Å². The van der Waals surface area contributed by atoms with Gasteiger partial charge in [0.15, 0.2) is 17.2 Å². The van der Waals surface area contributed by atoms with Crippen LogP contribution in [0.2, 0.25) is 0 Å². The molecule has 1 aliphatic heterocycles. The lowest BCUT2D eigenvalue weighted by atomic mass is 10.1. The number of benzene rings is 2. The number of rotatable bonds is 4. The maximum atomic E-state index is 13.4. The smallest absolute Gasteiger partial charge is 0.435 e. The van der Waals surface area contributed by atoms with Crippen molar-refractivity contribution in [2.24, 2.45) is 5.10 Å². The van der Waals surface area contributed by atoms with Crippen LogP contribution < -0.4 is 9.75 Å². The third-order valence-corrected chi connectivity index (χ3v) is 3.74. The summed E-state index contributed by atoms with van der Waals surface area (Å²) in [7, 11) is 0. The Labute approximate surface area is 153 Å². The molecule has 1 N–H and O–H groups in total. The van der Waals surface area contributed by atoms with E-state index in [1.165, 1.54) is 30.3 Å². The standard InChI is InChI=1S/C19H15F3N2O3/c1-2-27-16-11-12(8-9-15(16)25)10-14-17(19(20,21)22)23-24(18(14)26)13-6-4-3-5-7-13/h3-11,25H,2H2,1H3/b14-10-. The third-order valence-electron chi connectivity index (χ3n) is 3.74. The summed E-state index contributed by atoms with van der Waals surface area (Å²) in [6, 6.07) is 11.9. The van der Waals surface area contributed by atoms with Crippen LogP contribution in [0.4, 0.5) is 18.9 Å². The summed E-state index contributed by atoms with van der Waals surface area (Å²) in [6.45, 7) is 1.97. The average molecular weight is 376 g/mol. The minimum Gasteiger partial charge on any atom is -0.504 e. The third kappa shape index (κ3) is 3.79. The molecule has 8 heteroatoms. The van der Waals surface area contributed by atoms with Crippen LogP contribution in [0, 0.1) is 0 Å². The normalized spacial score (nSPS) is 16.0. The topological polar surface area (TPSA) is 62.1 Å². The van der Waals surface area contributed by atoms with Gasteiger partial charge in [0.05, 0.1) is 17.9 Å². The van der Waals surface area contributed by atoms with E-state index in [4.69, 9.17) is 4.74 Å². The number of aromatic hydroxyl groups is 1. The molecule has 1 amide bonds. The second-order valence-corrected chi connectivity index (χ2v) is 5.62. The summed E-state index contributed by atoms with van der Waals surface area (Å²) in [4.78, 5) is 12.6. The van der Waals surface area contributed by atoms with Crippen LogP contribution in [0.1, 0.15) is 12.5 Å². The van der Waals surface area contributed by atoms with Gasteiger partial charge in [-0.2, -0.15) is 23.3 Å². The number of para-hydroxylation sites is 1. The molecular weight excluding hydrogens is 361 g/mol. The monoisotopic (exact) mass is 376 g/mol. The Hall–Kier alpha value is -3.29. The average Bonchev–Trinajstić information content (AvgIpc) is 2.96. The number of ether oxygens (including phenoxy) is 1. The molecule has 27 heavy (non-hydrogen) atoms. The summed E-state index contributed by atoms with van der Waals surface area (Å²) < 4.78 is 45.5. The van der Waals surface area contributed by atoms with E-state index in [1.807, 2.05) is 0 Å². The highest BCUT2D eigenvalue weighted by Crippen LogP contribution is 2.34. The van der Waals surface area contributed by atoms with Crippen LogP contribution in [0.3, 0.4) is 0 Å². The molecule has 2 aromatic rings. The first kappa shape index (κ1) is 18.5. The van der Waals surface area contributed by atoms with Crippen LogP contribution >= 0.6 is 0 Å². The molecule has 0 bridgehead atoms. The highest BCUT2D eigenvalue weighted by atomic mass is 19.4. The molecule has 0 unspecified atom stereocenters. The van der Waals surface area contributed by atoms with Crippen LogP contribution in [-0.4, -0.2) is 29.5 Å². The first-order valence-electron chi connectivity index (χ1n) is 8.04. The maximum Gasteiger partial charge on any atom is 0.435 e. The fraction of sp³-hybridized carbons (Fsp3) is 0.158. The highest BCUT2D eigenvalue weighted by Gasteiger charge is 2.46. The SMILES string of the molecule is CCOc1cc(/C=C2\C(=O)N(c3ccccc3)N=C2C(F)(F)F)ccc1O. The Morgan fingerprint density at radius 2 is 1.89 bits per heavy atom. The van der Waals surface area contributed by atoms with Gasteiger partial charge in [-0.3, -0.25) is 4.79 Å². The number of alkyl halides is 3. The van der Waals surface area contributed by atoms with Crippen molar-refractivity contribution in [2.45, 2.75) is 13.1 Å². The molecule has 0 aromatic heterocycles. The lowest BCUT2D eigenvalue weighted by Gasteiger charge is -2.11. The summed E-state index contributed by atoms with van der Waals surface area (Å²) in [6.07, 6.45) is -3.72. The molecule has 0 aliphatic carbocycles. The van der Waals surface area contributed by atoms with Crippen molar-refractivity contribution in [3.05, 3.63) is 59.7 Å². The molecule has 3 rings (SSSR count). The summed E-state index contributed by atoms with van der Waals surface area (Å²) >= 11 is 0. The number of hydrazone groups is 1. The van der Waals surface area contributed by atoms with Gasteiger partial charge >= 0.3 is 6.18 Å². The highest BCUT2D eigenvalue weighted by molar-refractivity contribution is 6.34. The van der Waals surface area contributed by atoms with Gasteiger partial charge in [0.2, 0.25) is 0 Å². The van der Waals surface area contributed by atoms with Crippen molar-refractivity contribution in [3.63, 3.8) is 0 Å². The molecule has 1 aliphatic rings. The van der Waals surface area contributed by atoms with Crippen molar-refractivity contribution in [2.75, 3.05) is 11.6 Å². The van der Waals surface area contributed by atoms with Crippen LogP contribution in [-0.2, 0) is 4.79 Å². The predicted molar refractivity (Wildman–Crippen MR) is 94.7 cm³/mol. The van der Waals surface area contributed by atoms with Crippen LogP contribution in [0.15, 0.2) is 59.2 Å². The van der Waals surface area contributed by atoms with Gasteiger partial charge in [-0.25, -0.2) is 0 Å². The van der Waals surface area contributed by atoms with Gasteiger partial charge < -0.3 is 9.84 Å². The number of nitrogens with zero attached hydrogens (tertiary/aromatic N) is 2. The molecule has 1 heterocycles. The molecule has 0 fully saturated rings. The first-order valence-corrected chi connectivity index (χ1v) is 8.04. The second kappa shape index (κ2) is 7.14. The predicted octanol–water partition coefficient (Wildman–Crippen LogP) is 4.14. The van der Waals surface area contributed by atoms with Crippen molar-refractivity contribution >= 4 is 23.4 Å². The van der Waals surface area contributed by atoms with E-state index in [2.05, 4.69) is 5.10 Å². The molecule has 0 radical (unpaired) electrons. The van der Waals surface area contributed by atoms with E-state index in [9.17, 15) is 23.1 Å². The fourth-order valence-electron chi connectivity index (χ4n) is 2.56. The van der Waals surface area contributed by atoms with Crippen molar-refractivity contribution in [1.29, 1.82) is 0 Å². The molecule has 0 saturated carbocycles. The summed E-state index contributed by atoms with van der Waals surface area (Å²) in [5.74, 6) is -0.922. The number of phenols is 1. The number of carbonyl (C=O) groups excluding carboxylic acids is 1. The van der Waals surface area contributed by atoms with Gasteiger partial charge in [-0.05, 0) is 42.8 Å². The maximum absolute atomic E-state index is 13.4. The number of anilines is 1. The Morgan fingerprint density at radius 1 is 1.19 bits per heavy atom. The lowest BCUT2D eigenvalue weighted by Crippen LogP contribution is -2.25. The molecule has 2 aromatic carbocycles. The van der Waals surface area contributed by atoms with E-state index >= 15 is 0 Å². The van der Waals surface area contributed by atoms with Gasteiger partial charge in [0, 0.05) is 0 Å². The largest absolute Gasteiger partial charge is 0.504 e. The molecule has 0 spiro atoms. The molecule has 0 saturated heterocycles. The molecular formula is C19H15F3N2O3. The second-order valence-electron chi connectivity index (χ2n) is 5.62. The van der Waals surface area contributed by atoms with Crippen molar-refractivity contribution in [1.82, 2.24) is 0 Å². The summed E-state index contributed by atoms with van der Waals surface area (Å²) in [5.41, 5.74) is -1.36. The van der Waals surface area contributed by atoms with Crippen molar-refractivity contribution in [3.8, 4) is 11.5 Å². The van der Waals surface area contributed by atoms with E-state index in [1.54, 1.807) is 25.1 Å². The van der Waals surface area contributed by atoms with Gasteiger partial charge in [-0.1, -0.05) is 24.3 Å². The van der Waals surface area contributed by atoms with E-state index in [0.717, 1.165) is 11.1 Å². The Morgan fingerprint density at radius 3 is 2.52 bits per heavy atom. The number of hydrogen-bond donors (Lipinski definition) is 1. The van der Waals surface area contributed by atoms with Gasteiger partial charge in [0.1, 0.15) is 0 Å². The number of carbonyl (C=O) groups is 1. The summed E-state index contributed by atoms with van der Waals surface area (Å²) in [5, 5.41) is 13.9. The van der Waals surface area contributed by atoms with Crippen molar-refractivity contribution < 1.29 is 27.8 Å². The quantitative estimate of drug-likeness (QED) is 0.816. The minimum absolute atomic E-state index is 0.114. The number of hydrogen-bond acceptors (Lipinski definition) is 4. The zero-order valence-electron chi connectivity index (χ0n) is 14.2. The zero-order chi connectivity index (χ0) is 19.6. The number of amides is 1. The lowest BCUT2D eigenvalue weighted by molar-refractivity contribution is -0.114. The van der Waals surface area contributed by atoms with E-state index in [-0.39, 0.29) is 29.4 Å². The van der Waals surface area contributed by atoms with Crippen LogP contribution in [0.25, 0.3) is 6.08 Å². The first-order chi connectivity index (χ1) is 12.8. The Balaban J connectivity index is 2.05. The number of phenolic OH excluding ortho intramolecular Hbond substituents is 1. The van der Waals surface area contributed by atoms with E-state index < -0.39 is 23.4 Å². The zero-order valence-corrected chi connectivity index (χ0v) is 14.2. The van der Waals surface area contributed by atoms with Gasteiger partial charge in [-0.15, -0.1) is 0 Å². The Kier molecular flexibility index (Phi) is 4.89. The van der Waals surface area contributed by atoms with Gasteiger partial charge in [0.25, 0.3) is 5.91 Å². The molecule has 5 nitrogen and oxygen atoms in total. The Bertz CT molecular complexity index is 922. The molecule has 140 valence electrons. The number of halogens is 3.